The van der Waals surface area contributed by atoms with Crippen molar-refractivity contribution < 1.29 is 14.3 Å². The Kier molecular flexibility index (Phi) is 8.76. The van der Waals surface area contributed by atoms with E-state index in [2.05, 4.69) is 41.7 Å². The molecule has 0 saturated carbocycles. The van der Waals surface area contributed by atoms with Crippen LogP contribution in [0.2, 0.25) is 0 Å². The molecule has 0 aromatic heterocycles. The number of nitrogens with zero attached hydrogens (tertiary/aromatic N) is 1. The van der Waals surface area contributed by atoms with Crippen LogP contribution in [0.25, 0.3) is 0 Å². The molecule has 1 amide bonds. The van der Waals surface area contributed by atoms with Crippen LogP contribution in [0.15, 0.2) is 29.3 Å². The minimum Gasteiger partial charge on any atom is -0.492 e. The van der Waals surface area contributed by atoms with Crippen molar-refractivity contribution in [2.24, 2.45) is 16.3 Å². The van der Waals surface area contributed by atoms with Crippen LogP contribution in [0.1, 0.15) is 40.5 Å². The SMILES string of the molecule is CN=C(NCCOc1cccc(NC(C)=O)c1)NCC1CCCOC1C(C)(C)C. The van der Waals surface area contributed by atoms with Gasteiger partial charge in [-0.15, -0.1) is 0 Å². The average Bonchev–Trinajstić information content (AvgIpc) is 2.67. The van der Waals surface area contributed by atoms with Gasteiger partial charge in [0.15, 0.2) is 5.96 Å². The fraction of sp³-hybridized carbons (Fsp3) is 0.636. The van der Waals surface area contributed by atoms with E-state index in [-0.39, 0.29) is 17.4 Å². The van der Waals surface area contributed by atoms with Crippen molar-refractivity contribution in [2.75, 3.05) is 38.7 Å². The van der Waals surface area contributed by atoms with E-state index in [1.165, 1.54) is 13.3 Å². The first-order chi connectivity index (χ1) is 13.8. The maximum absolute atomic E-state index is 11.2. The van der Waals surface area contributed by atoms with Gasteiger partial charge >= 0.3 is 0 Å². The minimum atomic E-state index is -0.101. The van der Waals surface area contributed by atoms with Crippen LogP contribution >= 0.6 is 0 Å². The van der Waals surface area contributed by atoms with E-state index >= 15 is 0 Å². The summed E-state index contributed by atoms with van der Waals surface area (Å²) in [6, 6.07) is 7.36. The number of ether oxygens (including phenoxy) is 2. The number of anilines is 1. The van der Waals surface area contributed by atoms with Gasteiger partial charge in [-0.05, 0) is 30.4 Å². The van der Waals surface area contributed by atoms with Crippen LogP contribution in [-0.4, -0.2) is 51.3 Å². The van der Waals surface area contributed by atoms with Crippen molar-refractivity contribution in [1.29, 1.82) is 0 Å². The van der Waals surface area contributed by atoms with Crippen LogP contribution in [-0.2, 0) is 9.53 Å². The summed E-state index contributed by atoms with van der Waals surface area (Å²) in [5, 5.41) is 9.46. The highest BCUT2D eigenvalue weighted by molar-refractivity contribution is 5.88. The lowest BCUT2D eigenvalue weighted by Gasteiger charge is -2.40. The molecule has 2 atom stereocenters. The van der Waals surface area contributed by atoms with E-state index in [0.29, 0.717) is 24.8 Å². The van der Waals surface area contributed by atoms with Crippen LogP contribution < -0.4 is 20.7 Å². The predicted octanol–water partition coefficient (Wildman–Crippen LogP) is 3.03. The van der Waals surface area contributed by atoms with Gasteiger partial charge in [-0.2, -0.15) is 0 Å². The standard InChI is InChI=1S/C22H36N4O3/c1-16(27)26-18-9-6-10-19(14-18)28-13-11-24-21(23-5)25-15-17-8-7-12-29-20(17)22(2,3)4/h6,9-10,14,17,20H,7-8,11-13,15H2,1-5H3,(H,26,27)(H2,23,24,25). The van der Waals surface area contributed by atoms with Gasteiger partial charge in [0.1, 0.15) is 12.4 Å². The highest BCUT2D eigenvalue weighted by Crippen LogP contribution is 2.33. The van der Waals surface area contributed by atoms with E-state index in [1.54, 1.807) is 7.05 Å². The Balaban J connectivity index is 1.74. The van der Waals surface area contributed by atoms with Gasteiger partial charge in [0, 0.05) is 44.8 Å². The number of carbonyl (C=O) groups is 1. The number of carbonyl (C=O) groups excluding carboxylic acids is 1. The first-order valence-electron chi connectivity index (χ1n) is 10.4. The number of guanidine groups is 1. The molecular weight excluding hydrogens is 368 g/mol. The van der Waals surface area contributed by atoms with E-state index in [0.717, 1.165) is 31.2 Å². The third-order valence-corrected chi connectivity index (χ3v) is 4.87. The lowest BCUT2D eigenvalue weighted by Crippen LogP contribution is -2.48. The van der Waals surface area contributed by atoms with Gasteiger partial charge in [0.25, 0.3) is 0 Å². The molecule has 0 spiro atoms. The fourth-order valence-corrected chi connectivity index (χ4v) is 3.66. The Morgan fingerprint density at radius 1 is 1.31 bits per heavy atom. The fourth-order valence-electron chi connectivity index (χ4n) is 3.66. The Hall–Kier alpha value is -2.28. The summed E-state index contributed by atoms with van der Waals surface area (Å²) in [7, 11) is 1.77. The molecule has 1 aliphatic rings. The average molecular weight is 405 g/mol. The lowest BCUT2D eigenvalue weighted by atomic mass is 9.78. The van der Waals surface area contributed by atoms with E-state index in [9.17, 15) is 4.79 Å². The van der Waals surface area contributed by atoms with Gasteiger partial charge in [-0.25, -0.2) is 0 Å². The molecule has 3 N–H and O–H groups in total. The number of nitrogens with one attached hydrogen (secondary N) is 3. The summed E-state index contributed by atoms with van der Waals surface area (Å²) in [5.74, 6) is 1.85. The topological polar surface area (TPSA) is 84.0 Å². The van der Waals surface area contributed by atoms with E-state index in [1.807, 2.05) is 24.3 Å². The molecule has 1 aliphatic heterocycles. The molecule has 0 radical (unpaired) electrons. The zero-order valence-corrected chi connectivity index (χ0v) is 18.4. The smallest absolute Gasteiger partial charge is 0.221 e. The molecule has 0 bridgehead atoms. The minimum absolute atomic E-state index is 0.101. The molecule has 1 fully saturated rings. The summed E-state index contributed by atoms with van der Waals surface area (Å²) in [5.41, 5.74) is 0.854. The predicted molar refractivity (Wildman–Crippen MR) is 118 cm³/mol. The zero-order valence-electron chi connectivity index (χ0n) is 18.4. The molecule has 0 aliphatic carbocycles. The molecule has 7 heteroatoms. The van der Waals surface area contributed by atoms with Crippen molar-refractivity contribution in [3.05, 3.63) is 24.3 Å². The number of hydrogen-bond donors (Lipinski definition) is 3. The lowest BCUT2D eigenvalue weighted by molar-refractivity contribution is -0.114. The summed E-state index contributed by atoms with van der Waals surface area (Å²) >= 11 is 0. The largest absolute Gasteiger partial charge is 0.492 e. The number of amides is 1. The Labute approximate surface area is 174 Å². The summed E-state index contributed by atoms with van der Waals surface area (Å²) in [6.45, 7) is 11.0. The molecule has 2 rings (SSSR count). The molecule has 1 saturated heterocycles. The molecular formula is C22H36N4O3. The molecule has 1 aromatic carbocycles. The van der Waals surface area contributed by atoms with Gasteiger partial charge in [-0.3, -0.25) is 9.79 Å². The van der Waals surface area contributed by atoms with E-state index in [4.69, 9.17) is 9.47 Å². The Morgan fingerprint density at radius 3 is 2.79 bits per heavy atom. The van der Waals surface area contributed by atoms with Crippen LogP contribution in [0.3, 0.4) is 0 Å². The summed E-state index contributed by atoms with van der Waals surface area (Å²) in [4.78, 5) is 15.5. The molecule has 1 heterocycles. The third-order valence-electron chi connectivity index (χ3n) is 4.87. The van der Waals surface area contributed by atoms with Crippen molar-refractivity contribution >= 4 is 17.6 Å². The van der Waals surface area contributed by atoms with Crippen molar-refractivity contribution in [1.82, 2.24) is 10.6 Å². The van der Waals surface area contributed by atoms with Crippen molar-refractivity contribution in [3.63, 3.8) is 0 Å². The molecule has 1 aromatic rings. The van der Waals surface area contributed by atoms with Gasteiger partial charge in [-0.1, -0.05) is 26.8 Å². The molecule has 162 valence electrons. The number of benzene rings is 1. The second-order valence-corrected chi connectivity index (χ2v) is 8.50. The van der Waals surface area contributed by atoms with Crippen molar-refractivity contribution in [2.45, 2.75) is 46.6 Å². The van der Waals surface area contributed by atoms with Crippen LogP contribution in [0.4, 0.5) is 5.69 Å². The highest BCUT2D eigenvalue weighted by Gasteiger charge is 2.35. The summed E-state index contributed by atoms with van der Waals surface area (Å²) < 4.78 is 11.8. The van der Waals surface area contributed by atoms with Gasteiger partial charge in [0.2, 0.25) is 5.91 Å². The summed E-state index contributed by atoms with van der Waals surface area (Å²) in [6.07, 6.45) is 2.52. The number of hydrogen-bond acceptors (Lipinski definition) is 4. The second-order valence-electron chi connectivity index (χ2n) is 8.50. The molecule has 7 nitrogen and oxygen atoms in total. The first kappa shape index (κ1) is 23.0. The van der Waals surface area contributed by atoms with Crippen molar-refractivity contribution in [3.8, 4) is 5.75 Å². The van der Waals surface area contributed by atoms with Crippen LogP contribution in [0, 0.1) is 11.3 Å². The maximum atomic E-state index is 11.2. The molecule has 2 unspecified atom stereocenters. The molecule has 29 heavy (non-hydrogen) atoms. The Bertz CT molecular complexity index is 685. The quantitative estimate of drug-likeness (QED) is 0.370. The monoisotopic (exact) mass is 404 g/mol. The van der Waals surface area contributed by atoms with Gasteiger partial charge < -0.3 is 25.4 Å². The third kappa shape index (κ3) is 7.93. The Morgan fingerprint density at radius 2 is 2.10 bits per heavy atom. The van der Waals surface area contributed by atoms with E-state index < -0.39 is 0 Å². The normalized spacial score (nSPS) is 20.1. The second kappa shape index (κ2) is 11.0. The number of aliphatic imine (C=N–C) groups is 1. The zero-order chi connectivity index (χ0) is 21.3. The first-order valence-corrected chi connectivity index (χ1v) is 10.4. The maximum Gasteiger partial charge on any atom is 0.221 e. The van der Waals surface area contributed by atoms with Crippen LogP contribution in [0.5, 0.6) is 5.75 Å². The number of rotatable bonds is 7. The van der Waals surface area contributed by atoms with Gasteiger partial charge in [0.05, 0.1) is 12.6 Å². The highest BCUT2D eigenvalue weighted by atomic mass is 16.5.